The molecule has 1 heterocycles. The number of pyridine rings is 1. The van der Waals surface area contributed by atoms with E-state index < -0.39 is 0 Å². The van der Waals surface area contributed by atoms with E-state index in [2.05, 4.69) is 10.3 Å². The van der Waals surface area contributed by atoms with Crippen molar-refractivity contribution in [1.82, 2.24) is 4.98 Å². The van der Waals surface area contributed by atoms with Crippen molar-refractivity contribution in [1.29, 1.82) is 0 Å². The third-order valence-corrected chi connectivity index (χ3v) is 3.55. The van der Waals surface area contributed by atoms with E-state index in [9.17, 15) is 4.79 Å². The number of hydrogen-bond acceptors (Lipinski definition) is 3. The Balaban J connectivity index is 1.96. The predicted molar refractivity (Wildman–Crippen MR) is 87.4 cm³/mol. The number of aryl methyl sites for hydroxylation is 1. The summed E-state index contributed by atoms with van der Waals surface area (Å²) in [6.07, 6.45) is 1.70. The average Bonchev–Trinajstić information content (AvgIpc) is 2.56. The van der Waals surface area contributed by atoms with Crippen LogP contribution in [0.4, 0.5) is 5.69 Å². The normalized spacial score (nSPS) is 10.5. The molecule has 2 aromatic carbocycles. The molecule has 0 unspecified atom stereocenters. The Kier molecular flexibility index (Phi) is 3.74. The van der Waals surface area contributed by atoms with Crippen LogP contribution in [-0.4, -0.2) is 18.0 Å². The Bertz CT molecular complexity index is 843. The Morgan fingerprint density at radius 3 is 2.77 bits per heavy atom. The van der Waals surface area contributed by atoms with Crippen LogP contribution in [-0.2, 0) is 0 Å². The minimum Gasteiger partial charge on any atom is -0.497 e. The smallest absolute Gasteiger partial charge is 0.255 e. The number of carbonyl (C=O) groups excluding carboxylic acids is 1. The lowest BCUT2D eigenvalue weighted by Gasteiger charge is -2.10. The van der Waals surface area contributed by atoms with Crippen molar-refractivity contribution in [3.63, 3.8) is 0 Å². The van der Waals surface area contributed by atoms with Crippen molar-refractivity contribution in [2.45, 2.75) is 6.92 Å². The fraction of sp³-hybridized carbons (Fsp3) is 0.111. The van der Waals surface area contributed by atoms with Gasteiger partial charge in [0.05, 0.1) is 18.3 Å². The largest absolute Gasteiger partial charge is 0.497 e. The zero-order chi connectivity index (χ0) is 15.5. The van der Waals surface area contributed by atoms with Crippen molar-refractivity contribution in [2.24, 2.45) is 0 Å². The second-order valence-electron chi connectivity index (χ2n) is 5.02. The summed E-state index contributed by atoms with van der Waals surface area (Å²) in [5.74, 6) is 0.482. The molecule has 110 valence electrons. The molecule has 1 aromatic heterocycles. The maximum Gasteiger partial charge on any atom is 0.255 e. The minimum atomic E-state index is -0.173. The number of benzene rings is 2. The lowest BCUT2D eigenvalue weighted by Crippen LogP contribution is -2.12. The summed E-state index contributed by atoms with van der Waals surface area (Å²) < 4.78 is 5.15. The van der Waals surface area contributed by atoms with E-state index in [-0.39, 0.29) is 5.91 Å². The van der Waals surface area contributed by atoms with Gasteiger partial charge in [-0.05, 0) is 36.8 Å². The molecule has 4 heteroatoms. The highest BCUT2D eigenvalue weighted by Crippen LogP contribution is 2.24. The van der Waals surface area contributed by atoms with Crippen molar-refractivity contribution in [3.05, 3.63) is 65.9 Å². The summed E-state index contributed by atoms with van der Waals surface area (Å²) in [5.41, 5.74) is 3.28. The molecule has 1 N–H and O–H groups in total. The minimum absolute atomic E-state index is 0.173. The molecule has 4 nitrogen and oxygen atoms in total. The molecule has 3 aromatic rings. The summed E-state index contributed by atoms with van der Waals surface area (Å²) in [7, 11) is 1.58. The topological polar surface area (TPSA) is 51.2 Å². The first kappa shape index (κ1) is 14.1. The van der Waals surface area contributed by atoms with Gasteiger partial charge in [0.2, 0.25) is 0 Å². The zero-order valence-corrected chi connectivity index (χ0v) is 12.5. The Morgan fingerprint density at radius 1 is 1.14 bits per heavy atom. The number of ether oxygens (including phenoxy) is 1. The van der Waals surface area contributed by atoms with Gasteiger partial charge in [-0.15, -0.1) is 0 Å². The third kappa shape index (κ3) is 2.63. The molecule has 0 aliphatic heterocycles. The summed E-state index contributed by atoms with van der Waals surface area (Å²) in [4.78, 5) is 16.8. The highest BCUT2D eigenvalue weighted by Gasteiger charge is 2.10. The van der Waals surface area contributed by atoms with E-state index in [1.807, 2.05) is 31.2 Å². The highest BCUT2D eigenvalue weighted by atomic mass is 16.5. The molecule has 0 atom stereocenters. The van der Waals surface area contributed by atoms with Crippen LogP contribution in [0.3, 0.4) is 0 Å². The van der Waals surface area contributed by atoms with Crippen LogP contribution in [0.15, 0.2) is 54.7 Å². The number of aromatic nitrogens is 1. The molecule has 0 aliphatic carbocycles. The van der Waals surface area contributed by atoms with E-state index >= 15 is 0 Å². The van der Waals surface area contributed by atoms with Gasteiger partial charge < -0.3 is 10.1 Å². The van der Waals surface area contributed by atoms with E-state index in [0.717, 1.165) is 22.2 Å². The number of rotatable bonds is 3. The molecule has 0 saturated carbocycles. The number of fused-ring (bicyclic) bond motifs is 1. The van der Waals surface area contributed by atoms with Crippen molar-refractivity contribution in [3.8, 4) is 5.75 Å². The summed E-state index contributed by atoms with van der Waals surface area (Å²) in [6.45, 7) is 2.00. The number of nitrogens with one attached hydrogen (secondary N) is 1. The number of amides is 1. The first-order valence-electron chi connectivity index (χ1n) is 6.99. The molecule has 0 spiro atoms. The van der Waals surface area contributed by atoms with Crippen LogP contribution in [0, 0.1) is 6.92 Å². The Hall–Kier alpha value is -2.88. The summed E-state index contributed by atoms with van der Waals surface area (Å²) >= 11 is 0. The van der Waals surface area contributed by atoms with E-state index in [1.54, 1.807) is 37.6 Å². The predicted octanol–water partition coefficient (Wildman–Crippen LogP) is 3.80. The van der Waals surface area contributed by atoms with Gasteiger partial charge >= 0.3 is 0 Å². The zero-order valence-electron chi connectivity index (χ0n) is 12.5. The molecule has 22 heavy (non-hydrogen) atoms. The average molecular weight is 292 g/mol. The fourth-order valence-corrected chi connectivity index (χ4v) is 2.39. The van der Waals surface area contributed by atoms with E-state index in [4.69, 9.17) is 4.74 Å². The number of nitrogens with zero attached hydrogens (tertiary/aromatic N) is 1. The second kappa shape index (κ2) is 5.85. The number of hydrogen-bond donors (Lipinski definition) is 1. The van der Waals surface area contributed by atoms with Crippen LogP contribution >= 0.6 is 0 Å². The van der Waals surface area contributed by atoms with Gasteiger partial charge in [-0.2, -0.15) is 0 Å². The molecule has 0 saturated heterocycles. The van der Waals surface area contributed by atoms with Crippen molar-refractivity contribution < 1.29 is 9.53 Å². The van der Waals surface area contributed by atoms with Crippen LogP contribution in [0.1, 0.15) is 15.9 Å². The van der Waals surface area contributed by atoms with Crippen LogP contribution in [0.2, 0.25) is 0 Å². The lowest BCUT2D eigenvalue weighted by molar-refractivity contribution is 0.102. The Morgan fingerprint density at radius 2 is 1.95 bits per heavy atom. The van der Waals surface area contributed by atoms with E-state index in [1.165, 1.54) is 0 Å². The number of methoxy groups -OCH3 is 1. The Labute approximate surface area is 128 Å². The first-order valence-corrected chi connectivity index (χ1v) is 6.99. The van der Waals surface area contributed by atoms with Gasteiger partial charge in [0.25, 0.3) is 5.91 Å². The van der Waals surface area contributed by atoms with Crippen molar-refractivity contribution >= 4 is 22.5 Å². The van der Waals surface area contributed by atoms with Gasteiger partial charge in [-0.3, -0.25) is 9.78 Å². The number of para-hydroxylation sites is 1. The fourth-order valence-electron chi connectivity index (χ4n) is 2.39. The van der Waals surface area contributed by atoms with Crippen LogP contribution in [0.25, 0.3) is 10.9 Å². The molecule has 3 rings (SSSR count). The molecular weight excluding hydrogens is 276 g/mol. The van der Waals surface area contributed by atoms with Crippen molar-refractivity contribution in [2.75, 3.05) is 12.4 Å². The van der Waals surface area contributed by atoms with E-state index in [0.29, 0.717) is 11.3 Å². The van der Waals surface area contributed by atoms with Gasteiger partial charge in [0.15, 0.2) is 0 Å². The molecule has 0 aliphatic rings. The number of carbonyl (C=O) groups is 1. The van der Waals surface area contributed by atoms with Gasteiger partial charge in [0.1, 0.15) is 5.75 Å². The molecule has 1 amide bonds. The standard InChI is InChI=1S/C18H16N2O2/c1-12-5-3-8-15-16(9-10-19-17(12)15)20-18(21)13-6-4-7-14(11-13)22-2/h3-11H,1-2H3,(H,19,20,21). The van der Waals surface area contributed by atoms with Gasteiger partial charge in [0, 0.05) is 17.1 Å². The van der Waals surface area contributed by atoms with Crippen LogP contribution in [0.5, 0.6) is 5.75 Å². The quantitative estimate of drug-likeness (QED) is 0.798. The molecule has 0 radical (unpaired) electrons. The third-order valence-electron chi connectivity index (χ3n) is 3.55. The maximum atomic E-state index is 12.4. The number of anilines is 1. The van der Waals surface area contributed by atoms with Gasteiger partial charge in [-0.1, -0.05) is 24.3 Å². The molecular formula is C18H16N2O2. The monoisotopic (exact) mass is 292 g/mol. The van der Waals surface area contributed by atoms with Gasteiger partial charge in [-0.25, -0.2) is 0 Å². The lowest BCUT2D eigenvalue weighted by atomic mass is 10.1. The second-order valence-corrected chi connectivity index (χ2v) is 5.02. The first-order chi connectivity index (χ1) is 10.7. The summed E-state index contributed by atoms with van der Waals surface area (Å²) in [6, 6.07) is 14.8. The molecule has 0 fully saturated rings. The SMILES string of the molecule is COc1cccc(C(=O)Nc2ccnc3c(C)cccc23)c1. The van der Waals surface area contributed by atoms with Crippen LogP contribution < -0.4 is 10.1 Å². The summed E-state index contributed by atoms with van der Waals surface area (Å²) in [5, 5.41) is 3.87. The molecule has 0 bridgehead atoms. The highest BCUT2D eigenvalue weighted by molar-refractivity contribution is 6.09. The maximum absolute atomic E-state index is 12.4.